The molecule has 0 aliphatic heterocycles. The molecule has 0 heterocycles. The Balaban J connectivity index is 0. The summed E-state index contributed by atoms with van der Waals surface area (Å²) in [6.45, 7) is 0. The van der Waals surface area contributed by atoms with Crippen molar-refractivity contribution in [3.05, 3.63) is 0 Å². The fourth-order valence-electron chi connectivity index (χ4n) is 0. The maximum atomic E-state index is 8.65. The van der Waals surface area contributed by atoms with Gasteiger partial charge in [0.1, 0.15) is 0 Å². The zero-order chi connectivity index (χ0) is 2.71. The summed E-state index contributed by atoms with van der Waals surface area (Å²) in [5.74, 6) is 0. The minimum atomic E-state index is 0. The van der Waals surface area contributed by atoms with Crippen LogP contribution >= 0.6 is 12.4 Å². The molecule has 0 fully saturated rings. The molecule has 4 heavy (non-hydrogen) atoms. The summed E-state index contributed by atoms with van der Waals surface area (Å²) in [6, 6.07) is 0. The van der Waals surface area contributed by atoms with Crippen LogP contribution in [-0.2, 0) is 22.6 Å². The molecule has 0 N–H and O–H groups in total. The molecule has 0 saturated carbocycles. The molecule has 26 valence electrons. The SMILES string of the molecule is Cl.O=[C]=[Ru]. The van der Waals surface area contributed by atoms with Crippen LogP contribution in [0.15, 0.2) is 0 Å². The molecule has 0 spiro atoms. The van der Waals surface area contributed by atoms with Gasteiger partial charge >= 0.3 is 27.1 Å². The van der Waals surface area contributed by atoms with Crippen molar-refractivity contribution in [1.29, 1.82) is 0 Å². The Bertz CT molecular complexity index is 29.0. The molecular formula is CHClORu. The Morgan fingerprint density at radius 3 is 1.75 bits per heavy atom. The summed E-state index contributed by atoms with van der Waals surface area (Å²) in [6.07, 6.45) is 0. The van der Waals surface area contributed by atoms with E-state index < -0.39 is 0 Å². The van der Waals surface area contributed by atoms with Gasteiger partial charge in [-0.05, 0) is 0 Å². The van der Waals surface area contributed by atoms with Crippen molar-refractivity contribution in [3.63, 3.8) is 0 Å². The van der Waals surface area contributed by atoms with E-state index in [0.29, 0.717) is 0 Å². The molecule has 3 heteroatoms. The number of halogens is 1. The summed E-state index contributed by atoms with van der Waals surface area (Å²) in [5.41, 5.74) is 0. The maximum absolute atomic E-state index is 8.65. The van der Waals surface area contributed by atoms with E-state index in [1.165, 1.54) is 4.47 Å². The predicted molar refractivity (Wildman–Crippen MR) is 12.9 cm³/mol. The van der Waals surface area contributed by atoms with Crippen molar-refractivity contribution in [2.45, 2.75) is 0 Å². The Kier molecular flexibility index (Phi) is 21.5. The van der Waals surface area contributed by atoms with Crippen LogP contribution in [0.5, 0.6) is 0 Å². The van der Waals surface area contributed by atoms with E-state index in [2.05, 4.69) is 0 Å². The second-order valence-electron chi connectivity index (χ2n) is 0.0722. The molecule has 0 aromatic carbocycles. The quantitative estimate of drug-likeness (QED) is 0.463. The van der Waals surface area contributed by atoms with Gasteiger partial charge in [-0.25, -0.2) is 0 Å². The van der Waals surface area contributed by atoms with Crippen LogP contribution < -0.4 is 0 Å². The summed E-state index contributed by atoms with van der Waals surface area (Å²) in [4.78, 5) is 8.65. The Hall–Kier alpha value is 0.493. The van der Waals surface area contributed by atoms with Crippen LogP contribution in [0.1, 0.15) is 0 Å². The molecule has 0 saturated heterocycles. The van der Waals surface area contributed by atoms with E-state index in [0.717, 1.165) is 0 Å². The van der Waals surface area contributed by atoms with Gasteiger partial charge in [0.05, 0.1) is 0 Å². The molecule has 0 rings (SSSR count). The van der Waals surface area contributed by atoms with Crippen LogP contribution in [0.3, 0.4) is 0 Å². The third kappa shape index (κ3) is 22.8. The number of hydrogen-bond donors (Lipinski definition) is 0. The van der Waals surface area contributed by atoms with E-state index in [-0.39, 0.29) is 12.4 Å². The Morgan fingerprint density at radius 1 is 1.75 bits per heavy atom. The molecule has 0 unspecified atom stereocenters. The van der Waals surface area contributed by atoms with Gasteiger partial charge in [0.25, 0.3) is 0 Å². The van der Waals surface area contributed by atoms with Gasteiger partial charge in [-0.2, -0.15) is 0 Å². The molecule has 0 aromatic heterocycles. The normalized spacial score (nSPS) is 2.25. The van der Waals surface area contributed by atoms with E-state index in [1.807, 2.05) is 0 Å². The molecule has 0 amide bonds. The molecule has 0 aliphatic carbocycles. The summed E-state index contributed by atoms with van der Waals surface area (Å²) in [7, 11) is 0. The van der Waals surface area contributed by atoms with Crippen molar-refractivity contribution in [2.75, 3.05) is 0 Å². The van der Waals surface area contributed by atoms with Gasteiger partial charge in [-0.15, -0.1) is 12.4 Å². The molecule has 0 aliphatic rings. The van der Waals surface area contributed by atoms with Gasteiger partial charge in [-0.3, -0.25) is 0 Å². The zero-order valence-electron chi connectivity index (χ0n) is 1.67. The van der Waals surface area contributed by atoms with Gasteiger partial charge < -0.3 is 0 Å². The number of carbonyl (C=O) groups excluding carboxylic acids is 1. The van der Waals surface area contributed by atoms with E-state index in [1.54, 1.807) is 17.9 Å². The van der Waals surface area contributed by atoms with E-state index in [9.17, 15) is 0 Å². The van der Waals surface area contributed by atoms with E-state index >= 15 is 0 Å². The summed E-state index contributed by atoms with van der Waals surface area (Å²) < 4.78 is 1.43. The second-order valence-corrected chi connectivity index (χ2v) is 0.427. The minimum absolute atomic E-state index is 0. The van der Waals surface area contributed by atoms with E-state index in [4.69, 9.17) is 4.79 Å². The van der Waals surface area contributed by atoms with Crippen LogP contribution in [-0.4, -0.2) is 4.47 Å². The van der Waals surface area contributed by atoms with Crippen molar-refractivity contribution in [3.8, 4) is 0 Å². The summed E-state index contributed by atoms with van der Waals surface area (Å²) in [5, 5.41) is 0. The molecule has 1 nitrogen and oxygen atoms in total. The molecule has 0 aromatic rings. The average molecular weight is 166 g/mol. The van der Waals surface area contributed by atoms with Crippen molar-refractivity contribution >= 4 is 16.9 Å². The third-order valence-corrected chi connectivity index (χ3v) is 0. The van der Waals surface area contributed by atoms with Crippen molar-refractivity contribution in [2.24, 2.45) is 0 Å². The third-order valence-electron chi connectivity index (χ3n) is 0. The topological polar surface area (TPSA) is 17.1 Å². The van der Waals surface area contributed by atoms with Gasteiger partial charge in [0.15, 0.2) is 0 Å². The average Bonchev–Trinajstić information content (AvgIpc) is 0.918. The molecular weight excluding hydrogens is 165 g/mol. The van der Waals surface area contributed by atoms with Gasteiger partial charge in [0.2, 0.25) is 0 Å². The molecule has 0 radical (unpaired) electrons. The van der Waals surface area contributed by atoms with Gasteiger partial charge in [0, 0.05) is 0 Å². The van der Waals surface area contributed by atoms with Crippen LogP contribution in [0, 0.1) is 0 Å². The number of rotatable bonds is 0. The van der Waals surface area contributed by atoms with Crippen molar-refractivity contribution < 1.29 is 22.6 Å². The summed E-state index contributed by atoms with van der Waals surface area (Å²) >= 11 is 1.70. The second kappa shape index (κ2) is 9.74. The number of hydrogen-bond acceptors (Lipinski definition) is 1. The Labute approximate surface area is 40.0 Å². The van der Waals surface area contributed by atoms with Crippen molar-refractivity contribution in [1.82, 2.24) is 0 Å². The predicted octanol–water partition coefficient (Wildman–Crippen LogP) is 0.0222. The van der Waals surface area contributed by atoms with Crippen LogP contribution in [0.4, 0.5) is 0 Å². The fourth-order valence-corrected chi connectivity index (χ4v) is 0. The first-order valence-corrected chi connectivity index (χ1v) is 1.25. The standard InChI is InChI=1S/CO.ClH.Ru/c1-2;;/h;1H;. The molecule has 0 atom stereocenters. The first kappa shape index (κ1) is 8.82. The van der Waals surface area contributed by atoms with Crippen LogP contribution in [0.2, 0.25) is 0 Å². The molecule has 0 bridgehead atoms. The monoisotopic (exact) mass is 166 g/mol. The van der Waals surface area contributed by atoms with Crippen LogP contribution in [0.25, 0.3) is 0 Å². The Morgan fingerprint density at radius 2 is 1.75 bits per heavy atom. The first-order chi connectivity index (χ1) is 1.41. The van der Waals surface area contributed by atoms with Gasteiger partial charge in [-0.1, -0.05) is 0 Å². The zero-order valence-corrected chi connectivity index (χ0v) is 4.22. The fraction of sp³-hybridized carbons (Fsp3) is 0. The first-order valence-electron chi connectivity index (χ1n) is 0.381.